The molecule has 4 rings (SSSR count). The molecule has 1 aliphatic carbocycles. The number of carbonyl (C=O) groups excluding carboxylic acids is 1. The van der Waals surface area contributed by atoms with E-state index in [1.165, 1.54) is 12.3 Å². The number of hydrogen-bond acceptors (Lipinski definition) is 4. The average molecular weight is 441 g/mol. The van der Waals surface area contributed by atoms with Crippen LogP contribution in [-0.4, -0.2) is 33.7 Å². The highest BCUT2D eigenvalue weighted by molar-refractivity contribution is 6.00. The van der Waals surface area contributed by atoms with Crippen LogP contribution in [0.2, 0.25) is 0 Å². The van der Waals surface area contributed by atoms with Gasteiger partial charge in [0.25, 0.3) is 5.91 Å². The normalized spacial score (nSPS) is 16.6. The van der Waals surface area contributed by atoms with Crippen molar-refractivity contribution in [2.45, 2.75) is 31.9 Å². The van der Waals surface area contributed by atoms with Crippen LogP contribution < -0.4 is 5.32 Å². The second kappa shape index (κ2) is 8.98. The number of nitrogens with one attached hydrogen (secondary N) is 1. The van der Waals surface area contributed by atoms with E-state index in [1.54, 1.807) is 24.4 Å². The number of aromatic nitrogens is 2. The smallest absolute Gasteiger partial charge is 0.392 e. The highest BCUT2D eigenvalue weighted by Gasteiger charge is 2.39. The molecule has 0 spiro atoms. The van der Waals surface area contributed by atoms with Crippen molar-refractivity contribution in [3.05, 3.63) is 71.7 Å². The van der Waals surface area contributed by atoms with E-state index in [9.17, 15) is 23.1 Å². The molecule has 0 saturated carbocycles. The largest absolute Gasteiger partial charge is 0.506 e. The molecular weight excluding hydrogens is 419 g/mol. The maximum absolute atomic E-state index is 13.0. The summed E-state index contributed by atoms with van der Waals surface area (Å²) in [6.45, 7) is 0.285. The van der Waals surface area contributed by atoms with Crippen molar-refractivity contribution in [1.29, 1.82) is 0 Å². The summed E-state index contributed by atoms with van der Waals surface area (Å²) in [5.74, 6) is -1.55. The van der Waals surface area contributed by atoms with E-state index in [0.29, 0.717) is 29.6 Å². The van der Waals surface area contributed by atoms with E-state index in [2.05, 4.69) is 15.3 Å². The minimum absolute atomic E-state index is 0.0385. The van der Waals surface area contributed by atoms with Crippen LogP contribution in [0, 0.1) is 5.92 Å². The van der Waals surface area contributed by atoms with Crippen LogP contribution in [-0.2, 0) is 6.42 Å². The van der Waals surface area contributed by atoms with E-state index >= 15 is 0 Å². The number of fused-ring (bicyclic) bond motifs is 1. The molecule has 0 fully saturated rings. The Kier molecular flexibility index (Phi) is 6.12. The lowest BCUT2D eigenvalue weighted by Gasteiger charge is -2.24. The third kappa shape index (κ3) is 4.74. The van der Waals surface area contributed by atoms with Gasteiger partial charge in [-0.3, -0.25) is 14.8 Å². The van der Waals surface area contributed by atoms with Crippen LogP contribution in [0.5, 0.6) is 5.75 Å². The molecule has 2 aromatic heterocycles. The van der Waals surface area contributed by atoms with Gasteiger partial charge in [-0.15, -0.1) is 0 Å². The SMILES string of the molecule is O=C(NCCc1ncccc1O)c1cnc2cccc(C3=CCC(C(F)(F)F)CC3)c2c1. The topological polar surface area (TPSA) is 75.1 Å². The zero-order valence-electron chi connectivity index (χ0n) is 17.2. The molecule has 0 saturated heterocycles. The van der Waals surface area contributed by atoms with E-state index in [1.807, 2.05) is 18.2 Å². The first kappa shape index (κ1) is 21.8. The summed E-state index contributed by atoms with van der Waals surface area (Å²) in [4.78, 5) is 21.1. The van der Waals surface area contributed by atoms with Crippen LogP contribution in [0.4, 0.5) is 13.2 Å². The molecule has 1 amide bonds. The first-order valence-corrected chi connectivity index (χ1v) is 10.4. The lowest BCUT2D eigenvalue weighted by Crippen LogP contribution is -2.26. The number of allylic oxidation sites excluding steroid dienone is 2. The molecule has 1 aliphatic rings. The van der Waals surface area contributed by atoms with Crippen molar-refractivity contribution in [3.8, 4) is 5.75 Å². The fourth-order valence-corrected chi connectivity index (χ4v) is 3.95. The number of halogens is 3. The highest BCUT2D eigenvalue weighted by atomic mass is 19.4. The van der Waals surface area contributed by atoms with Crippen LogP contribution in [0.25, 0.3) is 16.5 Å². The van der Waals surface area contributed by atoms with Gasteiger partial charge in [-0.2, -0.15) is 13.2 Å². The van der Waals surface area contributed by atoms with Crippen LogP contribution >= 0.6 is 0 Å². The van der Waals surface area contributed by atoms with E-state index in [-0.39, 0.29) is 31.0 Å². The summed E-state index contributed by atoms with van der Waals surface area (Å²) >= 11 is 0. The number of amides is 1. The van der Waals surface area contributed by atoms with Crippen molar-refractivity contribution >= 4 is 22.4 Å². The second-order valence-corrected chi connectivity index (χ2v) is 7.81. The maximum atomic E-state index is 13.0. The Labute approximate surface area is 183 Å². The zero-order chi connectivity index (χ0) is 22.7. The molecule has 1 unspecified atom stereocenters. The summed E-state index contributed by atoms with van der Waals surface area (Å²) in [6.07, 6.45) is 1.24. The van der Waals surface area contributed by atoms with Crippen LogP contribution in [0.3, 0.4) is 0 Å². The molecular formula is C24H22F3N3O2. The minimum atomic E-state index is -4.18. The lowest BCUT2D eigenvalue weighted by molar-refractivity contribution is -0.175. The summed E-state index contributed by atoms with van der Waals surface area (Å²) in [5.41, 5.74) is 3.19. The zero-order valence-corrected chi connectivity index (χ0v) is 17.2. The molecule has 3 aromatic rings. The lowest BCUT2D eigenvalue weighted by atomic mass is 9.85. The summed E-state index contributed by atoms with van der Waals surface area (Å²) in [5, 5.41) is 13.3. The van der Waals surface area contributed by atoms with Gasteiger partial charge < -0.3 is 10.4 Å². The fourth-order valence-electron chi connectivity index (χ4n) is 3.95. The van der Waals surface area contributed by atoms with Crippen LogP contribution in [0.15, 0.2) is 54.9 Å². The van der Waals surface area contributed by atoms with Gasteiger partial charge in [0.15, 0.2) is 0 Å². The van der Waals surface area contributed by atoms with E-state index in [4.69, 9.17) is 0 Å². The van der Waals surface area contributed by atoms with Gasteiger partial charge in [-0.05, 0) is 54.7 Å². The molecule has 2 heterocycles. The number of pyridine rings is 2. The maximum Gasteiger partial charge on any atom is 0.392 e. The average Bonchev–Trinajstić information content (AvgIpc) is 2.79. The van der Waals surface area contributed by atoms with Gasteiger partial charge in [0.2, 0.25) is 0 Å². The van der Waals surface area contributed by atoms with Crippen molar-refractivity contribution in [2.24, 2.45) is 5.92 Å². The Balaban J connectivity index is 1.52. The van der Waals surface area contributed by atoms with Crippen molar-refractivity contribution in [3.63, 3.8) is 0 Å². The third-order valence-corrected chi connectivity index (χ3v) is 5.72. The number of aromatic hydroxyl groups is 1. The fraction of sp³-hybridized carbons (Fsp3) is 0.292. The van der Waals surface area contributed by atoms with Crippen molar-refractivity contribution in [1.82, 2.24) is 15.3 Å². The quantitative estimate of drug-likeness (QED) is 0.581. The predicted octanol–water partition coefficient (Wildman–Crippen LogP) is 5.05. The molecule has 0 aliphatic heterocycles. The molecule has 166 valence electrons. The monoisotopic (exact) mass is 441 g/mol. The Morgan fingerprint density at radius 2 is 2.03 bits per heavy atom. The van der Waals surface area contributed by atoms with Crippen molar-refractivity contribution < 1.29 is 23.1 Å². The minimum Gasteiger partial charge on any atom is -0.506 e. The second-order valence-electron chi connectivity index (χ2n) is 7.81. The Hall–Kier alpha value is -3.42. The number of benzene rings is 1. The Morgan fingerprint density at radius 1 is 1.19 bits per heavy atom. The molecule has 2 N–H and O–H groups in total. The van der Waals surface area contributed by atoms with Gasteiger partial charge in [-0.25, -0.2) is 0 Å². The molecule has 8 heteroatoms. The van der Waals surface area contributed by atoms with E-state index in [0.717, 1.165) is 16.5 Å². The van der Waals surface area contributed by atoms with Crippen LogP contribution in [0.1, 0.15) is 40.9 Å². The Bertz CT molecular complexity index is 1170. The number of alkyl halides is 3. The first-order valence-electron chi connectivity index (χ1n) is 10.4. The first-order chi connectivity index (χ1) is 15.3. The molecule has 5 nitrogen and oxygen atoms in total. The molecule has 1 aromatic carbocycles. The molecule has 0 bridgehead atoms. The van der Waals surface area contributed by atoms with Crippen molar-refractivity contribution in [2.75, 3.05) is 6.54 Å². The predicted molar refractivity (Wildman–Crippen MR) is 115 cm³/mol. The van der Waals surface area contributed by atoms with E-state index < -0.39 is 12.1 Å². The summed E-state index contributed by atoms with van der Waals surface area (Å²) in [7, 11) is 0. The number of hydrogen-bond donors (Lipinski definition) is 2. The van der Waals surface area contributed by atoms with Gasteiger partial charge >= 0.3 is 6.18 Å². The summed E-state index contributed by atoms with van der Waals surface area (Å²) < 4.78 is 39.0. The molecule has 32 heavy (non-hydrogen) atoms. The number of carbonyl (C=O) groups is 1. The summed E-state index contributed by atoms with van der Waals surface area (Å²) in [6, 6.07) is 10.4. The Morgan fingerprint density at radius 3 is 2.75 bits per heavy atom. The number of rotatable bonds is 5. The van der Waals surface area contributed by atoms with Gasteiger partial charge in [0.1, 0.15) is 5.75 Å². The third-order valence-electron chi connectivity index (χ3n) is 5.72. The van der Waals surface area contributed by atoms with Gasteiger partial charge in [-0.1, -0.05) is 18.2 Å². The number of nitrogens with zero attached hydrogens (tertiary/aromatic N) is 2. The highest BCUT2D eigenvalue weighted by Crippen LogP contribution is 2.40. The molecule has 1 atom stereocenters. The van der Waals surface area contributed by atoms with Gasteiger partial charge in [0, 0.05) is 30.7 Å². The standard InChI is InChI=1S/C24H22F3N3O2/c25-24(26,27)17-8-6-15(7-9-17)18-3-1-4-20-19(18)13-16(14-30-20)23(32)29-12-10-21-22(31)5-2-11-28-21/h1-6,11,13-14,17,31H,7-10,12H2,(H,29,32). The van der Waals surface area contributed by atoms with Gasteiger partial charge in [0.05, 0.1) is 22.7 Å². The molecule has 0 radical (unpaired) electrons.